The van der Waals surface area contributed by atoms with Gasteiger partial charge in [0.2, 0.25) is 0 Å². The van der Waals surface area contributed by atoms with Crippen LogP contribution in [0.2, 0.25) is 0 Å². The molecule has 0 aliphatic rings. The molecule has 0 radical (unpaired) electrons. The third-order valence-electron chi connectivity index (χ3n) is 1.74. The predicted molar refractivity (Wildman–Crippen MR) is 42.6 cm³/mol. The molecule has 70 valence electrons. The molecule has 12 heavy (non-hydrogen) atoms. The number of hydrogen-bond donors (Lipinski definition) is 1. The van der Waals surface area contributed by atoms with Crippen molar-refractivity contribution in [3.05, 3.63) is 0 Å². The number of carboxylic acids is 1. The van der Waals surface area contributed by atoms with E-state index in [-0.39, 0.29) is 12.3 Å². The molecular weight excluding hydrogens is 160 g/mol. The molecule has 0 saturated heterocycles. The van der Waals surface area contributed by atoms with Crippen molar-refractivity contribution in [3.63, 3.8) is 0 Å². The molecule has 4 heteroatoms. The summed E-state index contributed by atoms with van der Waals surface area (Å²) in [5.41, 5.74) is 0. The molecule has 0 aromatic carbocycles. The Morgan fingerprint density at radius 1 is 1.42 bits per heavy atom. The second-order valence-electron chi connectivity index (χ2n) is 2.97. The van der Waals surface area contributed by atoms with Gasteiger partial charge in [0.15, 0.2) is 0 Å². The summed E-state index contributed by atoms with van der Waals surface area (Å²) in [6.45, 7) is 3.53. The summed E-state index contributed by atoms with van der Waals surface area (Å²) in [5.74, 6) is -2.12. The average Bonchev–Trinajstić information content (AvgIpc) is 1.98. The van der Waals surface area contributed by atoms with Gasteiger partial charge in [-0.05, 0) is 5.92 Å². The molecule has 0 spiro atoms. The van der Waals surface area contributed by atoms with E-state index in [1.54, 1.807) is 13.8 Å². The Labute approximate surface area is 71.5 Å². The summed E-state index contributed by atoms with van der Waals surface area (Å²) >= 11 is 0. The molecule has 0 aliphatic heterocycles. The van der Waals surface area contributed by atoms with E-state index in [2.05, 4.69) is 4.74 Å². The van der Waals surface area contributed by atoms with Gasteiger partial charge in [-0.3, -0.25) is 9.59 Å². The van der Waals surface area contributed by atoms with Crippen LogP contribution in [0.15, 0.2) is 0 Å². The zero-order chi connectivity index (χ0) is 9.72. The van der Waals surface area contributed by atoms with Gasteiger partial charge in [-0.1, -0.05) is 13.8 Å². The zero-order valence-corrected chi connectivity index (χ0v) is 7.53. The summed E-state index contributed by atoms with van der Waals surface area (Å²) < 4.78 is 4.38. The van der Waals surface area contributed by atoms with Crippen LogP contribution >= 0.6 is 0 Å². The normalized spacial score (nSPS) is 12.7. The van der Waals surface area contributed by atoms with Crippen molar-refractivity contribution in [1.29, 1.82) is 0 Å². The Kier molecular flexibility index (Phi) is 4.33. The smallest absolute Gasteiger partial charge is 0.307 e. The lowest BCUT2D eigenvalue weighted by Crippen LogP contribution is -2.23. The number of hydrogen-bond acceptors (Lipinski definition) is 3. The molecular formula is C8H14O4. The lowest BCUT2D eigenvalue weighted by Gasteiger charge is -2.13. The highest BCUT2D eigenvalue weighted by molar-refractivity contribution is 5.78. The van der Waals surface area contributed by atoms with Crippen LogP contribution in [0.1, 0.15) is 20.3 Å². The second-order valence-corrected chi connectivity index (χ2v) is 2.97. The highest BCUT2D eigenvalue weighted by atomic mass is 16.5. The Hall–Kier alpha value is -1.06. The fraction of sp³-hybridized carbons (Fsp3) is 0.750. The minimum absolute atomic E-state index is 0.0521. The van der Waals surface area contributed by atoms with Gasteiger partial charge in [-0.2, -0.15) is 0 Å². The maximum absolute atomic E-state index is 10.7. The SMILES string of the molecule is COC(=O)CC(C(=O)O)C(C)C. The fourth-order valence-electron chi connectivity index (χ4n) is 0.871. The first-order valence-electron chi connectivity index (χ1n) is 3.78. The van der Waals surface area contributed by atoms with Crippen molar-refractivity contribution in [1.82, 2.24) is 0 Å². The lowest BCUT2D eigenvalue weighted by atomic mass is 9.93. The predicted octanol–water partition coefficient (Wildman–Crippen LogP) is 0.906. The van der Waals surface area contributed by atoms with Crippen LogP contribution in [-0.4, -0.2) is 24.2 Å². The summed E-state index contributed by atoms with van der Waals surface area (Å²) in [7, 11) is 1.25. The van der Waals surface area contributed by atoms with E-state index >= 15 is 0 Å². The molecule has 1 unspecified atom stereocenters. The van der Waals surface area contributed by atoms with E-state index in [4.69, 9.17) is 5.11 Å². The largest absolute Gasteiger partial charge is 0.481 e. The summed E-state index contributed by atoms with van der Waals surface area (Å²) in [6.07, 6.45) is -0.0521. The first-order valence-corrected chi connectivity index (χ1v) is 3.78. The average molecular weight is 174 g/mol. The molecule has 0 amide bonds. The van der Waals surface area contributed by atoms with Crippen molar-refractivity contribution >= 4 is 11.9 Å². The minimum atomic E-state index is -0.949. The Bertz CT molecular complexity index is 174. The zero-order valence-electron chi connectivity index (χ0n) is 7.53. The molecule has 0 fully saturated rings. The molecule has 4 nitrogen and oxygen atoms in total. The lowest BCUT2D eigenvalue weighted by molar-refractivity contribution is -0.151. The molecule has 0 aromatic heterocycles. The number of esters is 1. The summed E-state index contributed by atoms with van der Waals surface area (Å²) in [5, 5.41) is 8.68. The van der Waals surface area contributed by atoms with Gasteiger partial charge in [0.25, 0.3) is 0 Å². The Balaban J connectivity index is 4.14. The quantitative estimate of drug-likeness (QED) is 0.643. The number of aliphatic carboxylic acids is 1. The number of ether oxygens (including phenoxy) is 1. The van der Waals surface area contributed by atoms with Crippen molar-refractivity contribution in [2.45, 2.75) is 20.3 Å². The number of rotatable bonds is 4. The molecule has 1 N–H and O–H groups in total. The maximum atomic E-state index is 10.7. The number of carboxylic acid groups (broad SMARTS) is 1. The van der Waals surface area contributed by atoms with Gasteiger partial charge < -0.3 is 9.84 Å². The third-order valence-corrected chi connectivity index (χ3v) is 1.74. The van der Waals surface area contributed by atoms with Gasteiger partial charge in [0.05, 0.1) is 19.4 Å². The van der Waals surface area contributed by atoms with Gasteiger partial charge >= 0.3 is 11.9 Å². The molecule has 0 rings (SSSR count). The van der Waals surface area contributed by atoms with Gasteiger partial charge in [0, 0.05) is 0 Å². The van der Waals surface area contributed by atoms with Crippen molar-refractivity contribution < 1.29 is 19.4 Å². The molecule has 1 atom stereocenters. The van der Waals surface area contributed by atoms with E-state index < -0.39 is 17.9 Å². The molecule has 0 aromatic rings. The molecule has 0 aliphatic carbocycles. The first-order chi connectivity index (χ1) is 5.49. The monoisotopic (exact) mass is 174 g/mol. The van der Waals surface area contributed by atoms with Gasteiger partial charge in [-0.25, -0.2) is 0 Å². The van der Waals surface area contributed by atoms with Crippen molar-refractivity contribution in [3.8, 4) is 0 Å². The van der Waals surface area contributed by atoms with Crippen LogP contribution in [0.4, 0.5) is 0 Å². The minimum Gasteiger partial charge on any atom is -0.481 e. The summed E-state index contributed by atoms with van der Waals surface area (Å²) in [4.78, 5) is 21.3. The van der Waals surface area contributed by atoms with E-state index in [0.29, 0.717) is 0 Å². The van der Waals surface area contributed by atoms with Crippen molar-refractivity contribution in [2.24, 2.45) is 11.8 Å². The van der Waals surface area contributed by atoms with Crippen LogP contribution < -0.4 is 0 Å². The Morgan fingerprint density at radius 3 is 2.17 bits per heavy atom. The van der Waals surface area contributed by atoms with Crippen LogP contribution in [-0.2, 0) is 14.3 Å². The molecule has 0 saturated carbocycles. The molecule has 0 bridgehead atoms. The van der Waals surface area contributed by atoms with Crippen LogP contribution in [0.3, 0.4) is 0 Å². The summed E-state index contributed by atoms with van der Waals surface area (Å²) in [6, 6.07) is 0. The maximum Gasteiger partial charge on any atom is 0.307 e. The number of carbonyl (C=O) groups excluding carboxylic acids is 1. The Morgan fingerprint density at radius 2 is 1.92 bits per heavy atom. The van der Waals surface area contributed by atoms with Crippen molar-refractivity contribution in [2.75, 3.05) is 7.11 Å². The number of carbonyl (C=O) groups is 2. The third kappa shape index (κ3) is 3.37. The molecule has 0 heterocycles. The van der Waals surface area contributed by atoms with Crippen LogP contribution in [0, 0.1) is 11.8 Å². The highest BCUT2D eigenvalue weighted by Gasteiger charge is 2.24. The van der Waals surface area contributed by atoms with E-state index in [0.717, 1.165) is 0 Å². The second kappa shape index (κ2) is 4.74. The fourth-order valence-corrected chi connectivity index (χ4v) is 0.871. The standard InChI is InChI=1S/C8H14O4/c1-5(2)6(8(10)11)4-7(9)12-3/h5-6H,4H2,1-3H3,(H,10,11). The highest BCUT2D eigenvalue weighted by Crippen LogP contribution is 2.15. The van der Waals surface area contributed by atoms with E-state index in [1.807, 2.05) is 0 Å². The van der Waals surface area contributed by atoms with Crippen LogP contribution in [0.5, 0.6) is 0 Å². The topological polar surface area (TPSA) is 63.6 Å². The number of methoxy groups -OCH3 is 1. The van der Waals surface area contributed by atoms with Gasteiger partial charge in [-0.15, -0.1) is 0 Å². The van der Waals surface area contributed by atoms with E-state index in [9.17, 15) is 9.59 Å². The first kappa shape index (κ1) is 10.9. The van der Waals surface area contributed by atoms with E-state index in [1.165, 1.54) is 7.11 Å². The van der Waals surface area contributed by atoms with Crippen LogP contribution in [0.25, 0.3) is 0 Å². The van der Waals surface area contributed by atoms with Gasteiger partial charge in [0.1, 0.15) is 0 Å².